The molecule has 28 heavy (non-hydrogen) atoms. The van der Waals surface area contributed by atoms with Gasteiger partial charge in [-0.2, -0.15) is 0 Å². The Morgan fingerprint density at radius 1 is 1.14 bits per heavy atom. The van der Waals surface area contributed by atoms with E-state index in [1.54, 1.807) is 31.2 Å². The number of ether oxygens (including phenoxy) is 1. The summed E-state index contributed by atoms with van der Waals surface area (Å²) in [5.74, 6) is -4.77. The van der Waals surface area contributed by atoms with E-state index in [0.29, 0.717) is 12.0 Å². The minimum Gasteiger partial charge on any atom is -0.481 e. The van der Waals surface area contributed by atoms with Gasteiger partial charge in [0.15, 0.2) is 0 Å². The maximum atomic E-state index is 14.5. The predicted octanol–water partition coefficient (Wildman–Crippen LogP) is 3.96. The smallest absolute Gasteiger partial charge is 0.313 e. The number of aliphatic hydroxyl groups is 1. The lowest BCUT2D eigenvalue weighted by molar-refractivity contribution is -0.149. The summed E-state index contributed by atoms with van der Waals surface area (Å²) in [6, 6.07) is 6.65. The van der Waals surface area contributed by atoms with Crippen LogP contribution >= 0.6 is 0 Å². The molecule has 0 bridgehead atoms. The molecule has 7 heteroatoms. The maximum Gasteiger partial charge on any atom is 0.313 e. The van der Waals surface area contributed by atoms with E-state index >= 15 is 0 Å². The van der Waals surface area contributed by atoms with Crippen molar-refractivity contribution >= 4 is 11.9 Å². The number of carboxylic acid groups (broad SMARTS) is 1. The summed E-state index contributed by atoms with van der Waals surface area (Å²) in [7, 11) is 0. The van der Waals surface area contributed by atoms with Crippen LogP contribution in [0.15, 0.2) is 24.3 Å². The first-order valence-corrected chi connectivity index (χ1v) is 9.37. The van der Waals surface area contributed by atoms with Gasteiger partial charge in [0.05, 0.1) is 24.0 Å². The zero-order chi connectivity index (χ0) is 21.6. The van der Waals surface area contributed by atoms with Gasteiger partial charge in [0.25, 0.3) is 5.92 Å². The van der Waals surface area contributed by atoms with Crippen LogP contribution in [0.3, 0.4) is 0 Å². The molecule has 1 unspecified atom stereocenters. The first-order chi connectivity index (χ1) is 12.9. The molecule has 0 heterocycles. The molecule has 1 aromatic carbocycles. The maximum absolute atomic E-state index is 14.5. The van der Waals surface area contributed by atoms with E-state index in [-0.39, 0.29) is 25.4 Å². The van der Waals surface area contributed by atoms with Crippen LogP contribution < -0.4 is 0 Å². The highest BCUT2D eigenvalue weighted by atomic mass is 19.3. The van der Waals surface area contributed by atoms with Gasteiger partial charge in [0.1, 0.15) is 0 Å². The van der Waals surface area contributed by atoms with Gasteiger partial charge >= 0.3 is 11.9 Å². The van der Waals surface area contributed by atoms with Gasteiger partial charge < -0.3 is 14.9 Å². The average Bonchev–Trinajstić information content (AvgIpc) is 2.64. The van der Waals surface area contributed by atoms with E-state index in [2.05, 4.69) is 0 Å². The van der Waals surface area contributed by atoms with Crippen LogP contribution in [0.1, 0.15) is 58.1 Å². The molecule has 1 aromatic rings. The standard InChI is InChI=1S/C21H30F2O5/c1-5-28-17(25)10-9-15-7-6-8-16(13-15)20(4,18(26)27)11-12-21(22,23)19(2,3)14-24/h6-8,13,24H,5,9-12,14H2,1-4H3,(H,26,27). The SMILES string of the molecule is CCOC(=O)CCc1cccc(C(C)(CCC(F)(F)C(C)(C)CO)C(=O)O)c1. The Kier molecular flexibility index (Phi) is 8.11. The van der Waals surface area contributed by atoms with Gasteiger partial charge in [-0.25, -0.2) is 8.78 Å². The van der Waals surface area contributed by atoms with Crippen LogP contribution in [0.25, 0.3) is 0 Å². The summed E-state index contributed by atoms with van der Waals surface area (Å²) >= 11 is 0. The third-order valence-electron chi connectivity index (χ3n) is 5.28. The van der Waals surface area contributed by atoms with Crippen molar-refractivity contribution < 1.29 is 33.3 Å². The molecule has 0 fully saturated rings. The number of aliphatic carboxylic acids is 1. The van der Waals surface area contributed by atoms with Gasteiger partial charge in [-0.1, -0.05) is 38.1 Å². The molecule has 0 amide bonds. The Bertz CT molecular complexity index is 687. The van der Waals surface area contributed by atoms with E-state index in [0.717, 1.165) is 5.56 Å². The van der Waals surface area contributed by atoms with Gasteiger partial charge in [0.2, 0.25) is 0 Å². The fraction of sp³-hybridized carbons (Fsp3) is 0.619. The number of halogens is 2. The molecule has 5 nitrogen and oxygen atoms in total. The second-order valence-electron chi connectivity index (χ2n) is 7.89. The van der Waals surface area contributed by atoms with Crippen molar-refractivity contribution in [3.8, 4) is 0 Å². The first kappa shape index (κ1) is 24.0. The second kappa shape index (κ2) is 9.45. The third kappa shape index (κ3) is 5.74. The largest absolute Gasteiger partial charge is 0.481 e. The normalized spacial score (nSPS) is 14.4. The van der Waals surface area contributed by atoms with E-state index in [4.69, 9.17) is 4.74 Å². The number of hydrogen-bond donors (Lipinski definition) is 2. The summed E-state index contributed by atoms with van der Waals surface area (Å²) in [6.45, 7) is 5.22. The average molecular weight is 400 g/mol. The topological polar surface area (TPSA) is 83.8 Å². The van der Waals surface area contributed by atoms with Crippen LogP contribution in [0.5, 0.6) is 0 Å². The Balaban J connectivity index is 3.03. The molecule has 1 rings (SSSR count). The molecular formula is C21H30F2O5. The molecule has 0 saturated heterocycles. The Morgan fingerprint density at radius 3 is 2.32 bits per heavy atom. The third-order valence-corrected chi connectivity index (χ3v) is 5.28. The number of hydrogen-bond acceptors (Lipinski definition) is 4. The number of esters is 1. The van der Waals surface area contributed by atoms with E-state index in [1.165, 1.54) is 20.8 Å². The van der Waals surface area contributed by atoms with Gasteiger partial charge in [-0.05, 0) is 37.8 Å². The van der Waals surface area contributed by atoms with Crippen molar-refractivity contribution in [1.82, 2.24) is 0 Å². The molecule has 2 N–H and O–H groups in total. The van der Waals surface area contributed by atoms with Crippen LogP contribution in [-0.4, -0.2) is 41.3 Å². The lowest BCUT2D eigenvalue weighted by Crippen LogP contribution is -2.42. The number of aryl methyl sites for hydroxylation is 1. The summed E-state index contributed by atoms with van der Waals surface area (Å²) in [6.07, 6.45) is -0.434. The molecular weight excluding hydrogens is 370 g/mol. The number of aliphatic hydroxyl groups excluding tert-OH is 1. The van der Waals surface area contributed by atoms with Crippen LogP contribution in [0.4, 0.5) is 8.78 Å². The first-order valence-electron chi connectivity index (χ1n) is 9.37. The number of benzene rings is 1. The summed E-state index contributed by atoms with van der Waals surface area (Å²) in [4.78, 5) is 23.5. The fourth-order valence-corrected chi connectivity index (χ4v) is 2.79. The van der Waals surface area contributed by atoms with Gasteiger partial charge in [-0.3, -0.25) is 9.59 Å². The Labute approximate surface area is 164 Å². The number of carboxylic acids is 1. The van der Waals surface area contributed by atoms with Crippen molar-refractivity contribution in [3.63, 3.8) is 0 Å². The van der Waals surface area contributed by atoms with Crippen LogP contribution in [0.2, 0.25) is 0 Å². The lowest BCUT2D eigenvalue weighted by Gasteiger charge is -2.35. The predicted molar refractivity (Wildman–Crippen MR) is 101 cm³/mol. The number of carbonyl (C=O) groups is 2. The van der Waals surface area contributed by atoms with E-state index < -0.39 is 35.7 Å². The number of alkyl halides is 2. The van der Waals surface area contributed by atoms with Crippen LogP contribution in [-0.2, 0) is 26.2 Å². The Morgan fingerprint density at radius 2 is 1.79 bits per heavy atom. The molecule has 0 spiro atoms. The molecule has 0 aliphatic rings. The molecule has 0 saturated carbocycles. The molecule has 0 aliphatic carbocycles. The van der Waals surface area contributed by atoms with Crippen molar-refractivity contribution in [2.24, 2.45) is 5.41 Å². The zero-order valence-corrected chi connectivity index (χ0v) is 16.9. The molecule has 1 atom stereocenters. The van der Waals surface area contributed by atoms with Crippen LogP contribution in [0, 0.1) is 5.41 Å². The molecule has 0 aliphatic heterocycles. The number of rotatable bonds is 11. The van der Waals surface area contributed by atoms with E-state index in [1.807, 2.05) is 0 Å². The van der Waals surface area contributed by atoms with Crippen molar-refractivity contribution in [2.45, 2.75) is 64.7 Å². The highest BCUT2D eigenvalue weighted by molar-refractivity contribution is 5.81. The van der Waals surface area contributed by atoms with Crippen molar-refractivity contribution in [2.75, 3.05) is 13.2 Å². The summed E-state index contributed by atoms with van der Waals surface area (Å²) in [5, 5.41) is 19.0. The zero-order valence-electron chi connectivity index (χ0n) is 16.9. The monoisotopic (exact) mass is 400 g/mol. The fourth-order valence-electron chi connectivity index (χ4n) is 2.79. The minimum absolute atomic E-state index is 0.157. The Hall–Kier alpha value is -2.02. The van der Waals surface area contributed by atoms with Crippen molar-refractivity contribution in [3.05, 3.63) is 35.4 Å². The minimum atomic E-state index is -3.22. The molecule has 158 valence electrons. The molecule has 0 aromatic heterocycles. The lowest BCUT2D eigenvalue weighted by atomic mass is 9.74. The number of carbonyl (C=O) groups excluding carboxylic acids is 1. The quantitative estimate of drug-likeness (QED) is 0.550. The van der Waals surface area contributed by atoms with Gasteiger partial charge in [-0.15, -0.1) is 0 Å². The molecule has 0 radical (unpaired) electrons. The van der Waals surface area contributed by atoms with E-state index in [9.17, 15) is 28.6 Å². The summed E-state index contributed by atoms with van der Waals surface area (Å²) in [5.41, 5.74) is -2.03. The highest BCUT2D eigenvalue weighted by Crippen LogP contribution is 2.42. The van der Waals surface area contributed by atoms with Crippen molar-refractivity contribution in [1.29, 1.82) is 0 Å². The summed E-state index contributed by atoms with van der Waals surface area (Å²) < 4.78 is 33.8. The van der Waals surface area contributed by atoms with Gasteiger partial charge in [0, 0.05) is 12.8 Å². The highest BCUT2D eigenvalue weighted by Gasteiger charge is 2.48. The second-order valence-corrected chi connectivity index (χ2v) is 7.89.